The van der Waals surface area contributed by atoms with E-state index in [2.05, 4.69) is 32.5 Å². The number of halogens is 2. The third-order valence-electron chi connectivity index (χ3n) is 1.99. The average molecular weight is 260 g/mol. The van der Waals surface area contributed by atoms with E-state index < -0.39 is 0 Å². The monoisotopic (exact) mass is 258 g/mol. The van der Waals surface area contributed by atoms with Gasteiger partial charge in [0.2, 0.25) is 0 Å². The van der Waals surface area contributed by atoms with Crippen LogP contribution in [0.5, 0.6) is 0 Å². The van der Waals surface area contributed by atoms with E-state index in [-0.39, 0.29) is 6.04 Å². The number of hydrogen-bond donors (Lipinski definition) is 1. The van der Waals surface area contributed by atoms with Crippen LogP contribution < -0.4 is 5.43 Å². The number of rotatable bonds is 1. The maximum atomic E-state index is 5.78. The molecule has 2 nitrogen and oxygen atoms in total. The molecule has 0 radical (unpaired) electrons. The summed E-state index contributed by atoms with van der Waals surface area (Å²) in [5, 5.41) is 4.59. The zero-order chi connectivity index (χ0) is 9.26. The molecule has 1 aliphatic rings. The lowest BCUT2D eigenvalue weighted by molar-refractivity contribution is 0.618. The van der Waals surface area contributed by atoms with E-state index in [4.69, 9.17) is 11.6 Å². The lowest BCUT2D eigenvalue weighted by atomic mass is 10.1. The van der Waals surface area contributed by atoms with Gasteiger partial charge in [-0.3, -0.25) is 0 Å². The van der Waals surface area contributed by atoms with Gasteiger partial charge in [0, 0.05) is 10.9 Å². The standard InChI is InChI=1S/C9H8BrClN2/c10-7-4-2-1-3-6(7)8-5-9(11)13-12-8/h1-4,8,12H,5H2. The van der Waals surface area contributed by atoms with Crippen molar-refractivity contribution >= 4 is 32.7 Å². The van der Waals surface area contributed by atoms with Crippen molar-refractivity contribution in [2.75, 3.05) is 0 Å². The lowest BCUT2D eigenvalue weighted by Crippen LogP contribution is -2.09. The van der Waals surface area contributed by atoms with Crippen molar-refractivity contribution < 1.29 is 0 Å². The summed E-state index contributed by atoms with van der Waals surface area (Å²) in [5.74, 6) is 0. The molecule has 1 aromatic carbocycles. The topological polar surface area (TPSA) is 24.4 Å². The Balaban J connectivity index is 2.23. The molecule has 0 aromatic heterocycles. The van der Waals surface area contributed by atoms with Gasteiger partial charge in [-0.05, 0) is 11.6 Å². The highest BCUT2D eigenvalue weighted by atomic mass is 79.9. The Hall–Kier alpha value is -0.540. The highest BCUT2D eigenvalue weighted by Crippen LogP contribution is 2.28. The summed E-state index contributed by atoms with van der Waals surface area (Å²) in [7, 11) is 0. The minimum atomic E-state index is 0.211. The Morgan fingerprint density at radius 1 is 1.46 bits per heavy atom. The van der Waals surface area contributed by atoms with Crippen LogP contribution in [0.1, 0.15) is 18.0 Å². The van der Waals surface area contributed by atoms with Crippen molar-refractivity contribution in [1.29, 1.82) is 0 Å². The van der Waals surface area contributed by atoms with Crippen molar-refractivity contribution in [3.8, 4) is 0 Å². The fraction of sp³-hybridized carbons (Fsp3) is 0.222. The second-order valence-electron chi connectivity index (χ2n) is 2.90. The number of hydrogen-bond acceptors (Lipinski definition) is 2. The summed E-state index contributed by atoms with van der Waals surface area (Å²) >= 11 is 9.27. The molecule has 2 rings (SSSR count). The van der Waals surface area contributed by atoms with Crippen LogP contribution in [0, 0.1) is 0 Å². The zero-order valence-corrected chi connectivity index (χ0v) is 9.14. The number of hydrazone groups is 1. The van der Waals surface area contributed by atoms with E-state index in [0.717, 1.165) is 10.9 Å². The number of benzene rings is 1. The molecule has 1 atom stereocenters. The van der Waals surface area contributed by atoms with Gasteiger partial charge < -0.3 is 5.43 Å². The molecule has 1 aliphatic heterocycles. The predicted molar refractivity (Wildman–Crippen MR) is 57.9 cm³/mol. The minimum absolute atomic E-state index is 0.211. The summed E-state index contributed by atoms with van der Waals surface area (Å²) in [4.78, 5) is 0. The van der Waals surface area contributed by atoms with Crippen LogP contribution >= 0.6 is 27.5 Å². The molecular weight excluding hydrogens is 251 g/mol. The summed E-state index contributed by atoms with van der Waals surface area (Å²) in [6.45, 7) is 0. The van der Waals surface area contributed by atoms with Crippen molar-refractivity contribution in [2.24, 2.45) is 5.10 Å². The van der Waals surface area contributed by atoms with Gasteiger partial charge in [0.15, 0.2) is 0 Å². The molecule has 1 N–H and O–H groups in total. The van der Waals surface area contributed by atoms with Crippen LogP contribution in [0.3, 0.4) is 0 Å². The zero-order valence-electron chi connectivity index (χ0n) is 6.80. The third-order valence-corrected chi connectivity index (χ3v) is 2.96. The van der Waals surface area contributed by atoms with Gasteiger partial charge in [0.25, 0.3) is 0 Å². The molecular formula is C9H8BrClN2. The largest absolute Gasteiger partial charge is 0.301 e. The highest BCUT2D eigenvalue weighted by molar-refractivity contribution is 9.10. The Morgan fingerprint density at radius 3 is 2.85 bits per heavy atom. The fourth-order valence-corrected chi connectivity index (χ4v) is 2.11. The molecule has 0 spiro atoms. The SMILES string of the molecule is ClC1=NNC(c2ccccc2Br)C1. The minimum Gasteiger partial charge on any atom is -0.301 e. The van der Waals surface area contributed by atoms with E-state index in [1.807, 2.05) is 18.2 Å². The van der Waals surface area contributed by atoms with Crippen LogP contribution in [-0.4, -0.2) is 5.17 Å². The molecule has 1 unspecified atom stereocenters. The van der Waals surface area contributed by atoms with Crippen LogP contribution in [0.25, 0.3) is 0 Å². The van der Waals surface area contributed by atoms with Crippen LogP contribution in [0.2, 0.25) is 0 Å². The first-order valence-electron chi connectivity index (χ1n) is 3.99. The summed E-state index contributed by atoms with van der Waals surface area (Å²) < 4.78 is 1.09. The summed E-state index contributed by atoms with van der Waals surface area (Å²) in [5.41, 5.74) is 4.19. The molecule has 0 bridgehead atoms. The van der Waals surface area contributed by atoms with Gasteiger partial charge in [-0.15, -0.1) is 0 Å². The van der Waals surface area contributed by atoms with Crippen molar-refractivity contribution in [3.63, 3.8) is 0 Å². The van der Waals surface area contributed by atoms with E-state index >= 15 is 0 Å². The Labute approximate surface area is 90.1 Å². The predicted octanol–water partition coefficient (Wildman–Crippen LogP) is 3.04. The number of nitrogens with one attached hydrogen (secondary N) is 1. The normalized spacial score (nSPS) is 21.1. The van der Waals surface area contributed by atoms with Crippen molar-refractivity contribution in [3.05, 3.63) is 34.3 Å². The van der Waals surface area contributed by atoms with Gasteiger partial charge >= 0.3 is 0 Å². The molecule has 0 saturated carbocycles. The van der Waals surface area contributed by atoms with E-state index in [0.29, 0.717) is 5.17 Å². The molecule has 0 saturated heterocycles. The third kappa shape index (κ3) is 1.86. The lowest BCUT2D eigenvalue weighted by Gasteiger charge is -2.11. The molecule has 0 fully saturated rings. The average Bonchev–Trinajstić information content (AvgIpc) is 2.53. The van der Waals surface area contributed by atoms with Gasteiger partial charge in [-0.1, -0.05) is 45.7 Å². The smallest absolute Gasteiger partial charge is 0.128 e. The quantitative estimate of drug-likeness (QED) is 0.824. The first kappa shape index (κ1) is 9.03. The Morgan fingerprint density at radius 2 is 2.23 bits per heavy atom. The summed E-state index contributed by atoms with van der Waals surface area (Å²) in [6, 6.07) is 8.29. The molecule has 1 heterocycles. The van der Waals surface area contributed by atoms with Gasteiger partial charge in [-0.25, -0.2) is 0 Å². The Kier molecular flexibility index (Phi) is 2.56. The molecule has 68 valence electrons. The maximum Gasteiger partial charge on any atom is 0.128 e. The van der Waals surface area contributed by atoms with Crippen LogP contribution in [0.4, 0.5) is 0 Å². The van der Waals surface area contributed by atoms with Crippen molar-refractivity contribution in [1.82, 2.24) is 5.43 Å². The molecule has 4 heteroatoms. The second-order valence-corrected chi connectivity index (χ2v) is 4.19. The van der Waals surface area contributed by atoms with Gasteiger partial charge in [0.05, 0.1) is 6.04 Å². The van der Waals surface area contributed by atoms with Gasteiger partial charge in [-0.2, -0.15) is 5.10 Å². The molecule has 0 aliphatic carbocycles. The van der Waals surface area contributed by atoms with E-state index in [9.17, 15) is 0 Å². The maximum absolute atomic E-state index is 5.78. The molecule has 13 heavy (non-hydrogen) atoms. The first-order chi connectivity index (χ1) is 6.27. The molecule has 1 aromatic rings. The number of nitrogens with zero attached hydrogens (tertiary/aromatic N) is 1. The van der Waals surface area contributed by atoms with E-state index in [1.54, 1.807) is 0 Å². The summed E-state index contributed by atoms with van der Waals surface area (Å²) in [6.07, 6.45) is 0.768. The van der Waals surface area contributed by atoms with Crippen molar-refractivity contribution in [2.45, 2.75) is 12.5 Å². The second kappa shape index (κ2) is 3.68. The molecule has 0 amide bonds. The first-order valence-corrected chi connectivity index (χ1v) is 5.16. The fourth-order valence-electron chi connectivity index (χ4n) is 1.34. The van der Waals surface area contributed by atoms with Gasteiger partial charge in [0.1, 0.15) is 5.17 Å². The van der Waals surface area contributed by atoms with E-state index in [1.165, 1.54) is 5.56 Å². The highest BCUT2D eigenvalue weighted by Gasteiger charge is 2.19. The van der Waals surface area contributed by atoms with Crippen LogP contribution in [0.15, 0.2) is 33.8 Å². The Bertz CT molecular complexity index is 351. The van der Waals surface area contributed by atoms with Crippen LogP contribution in [-0.2, 0) is 0 Å².